The summed E-state index contributed by atoms with van der Waals surface area (Å²) in [7, 11) is 0. The van der Waals surface area contributed by atoms with Crippen LogP contribution in [0.1, 0.15) is 48.9 Å². The first-order chi connectivity index (χ1) is 14.5. The molecule has 2 aromatic rings. The lowest BCUT2D eigenvalue weighted by Crippen LogP contribution is -2.39. The molecule has 0 unspecified atom stereocenters. The highest BCUT2D eigenvalue weighted by atomic mass is 16.6. The number of carbonyl (C=O) groups is 1. The number of hydrogen-bond donors (Lipinski definition) is 3. The van der Waals surface area contributed by atoms with Crippen molar-refractivity contribution in [2.24, 2.45) is 0 Å². The minimum atomic E-state index is -0.534. The first kappa shape index (κ1) is 20.3. The van der Waals surface area contributed by atoms with E-state index in [0.717, 1.165) is 42.7 Å². The fourth-order valence-electron chi connectivity index (χ4n) is 4.51. The number of aryl methyl sites for hydroxylation is 1. The smallest absolute Gasteiger partial charge is 0.325 e. The number of benzene rings is 1. The van der Waals surface area contributed by atoms with Gasteiger partial charge in [0, 0.05) is 29.6 Å². The second-order valence-electron chi connectivity index (χ2n) is 8.13. The molecule has 0 spiro atoms. The summed E-state index contributed by atoms with van der Waals surface area (Å²) in [6.07, 6.45) is 4.72. The number of nitrogens with one attached hydrogen (secondary N) is 3. The van der Waals surface area contributed by atoms with E-state index in [1.807, 2.05) is 6.07 Å². The van der Waals surface area contributed by atoms with Crippen molar-refractivity contribution in [2.45, 2.75) is 50.9 Å². The average Bonchev–Trinajstić information content (AvgIpc) is 3.21. The molecule has 4 rings (SSSR count). The molecule has 8 heteroatoms. The standard InChI is InChI=1S/C22H27N3O5/c1-14-16(20(27)25-21(28)24-14)5-7-19(26)23-13-22(8-2-3-9-22)15-4-6-17-18(12-15)30-11-10-29-17/h4,6,12H,2-3,5,7-11,13H2,1H3,(H,23,26)(H2,24,25,27,28). The zero-order valence-corrected chi connectivity index (χ0v) is 17.1. The summed E-state index contributed by atoms with van der Waals surface area (Å²) >= 11 is 0. The molecule has 0 atom stereocenters. The largest absolute Gasteiger partial charge is 0.486 e. The van der Waals surface area contributed by atoms with Gasteiger partial charge in [0.2, 0.25) is 5.91 Å². The summed E-state index contributed by atoms with van der Waals surface area (Å²) < 4.78 is 11.4. The van der Waals surface area contributed by atoms with E-state index in [1.54, 1.807) is 6.92 Å². The van der Waals surface area contributed by atoms with Crippen LogP contribution < -0.4 is 26.0 Å². The third-order valence-electron chi connectivity index (χ3n) is 6.20. The molecule has 1 aromatic heterocycles. The van der Waals surface area contributed by atoms with Crippen molar-refractivity contribution in [3.8, 4) is 11.5 Å². The third kappa shape index (κ3) is 4.13. The molecule has 2 heterocycles. The molecule has 8 nitrogen and oxygen atoms in total. The van der Waals surface area contributed by atoms with Crippen molar-refractivity contribution >= 4 is 5.91 Å². The van der Waals surface area contributed by atoms with Gasteiger partial charge in [-0.1, -0.05) is 18.9 Å². The number of aromatic nitrogens is 2. The molecule has 1 aliphatic heterocycles. The molecule has 2 aliphatic rings. The van der Waals surface area contributed by atoms with Crippen LogP contribution in [0.15, 0.2) is 27.8 Å². The zero-order valence-electron chi connectivity index (χ0n) is 17.1. The van der Waals surface area contributed by atoms with Crippen LogP contribution in [-0.2, 0) is 16.6 Å². The first-order valence-corrected chi connectivity index (χ1v) is 10.5. The Hall–Kier alpha value is -3.03. The molecule has 30 heavy (non-hydrogen) atoms. The fraction of sp³-hybridized carbons (Fsp3) is 0.500. The van der Waals surface area contributed by atoms with Gasteiger partial charge in [-0.25, -0.2) is 4.79 Å². The van der Waals surface area contributed by atoms with Gasteiger partial charge in [-0.3, -0.25) is 14.6 Å². The molecule has 1 fully saturated rings. The second-order valence-corrected chi connectivity index (χ2v) is 8.13. The van der Waals surface area contributed by atoms with Gasteiger partial charge in [0.15, 0.2) is 11.5 Å². The molecule has 1 saturated carbocycles. The Kier molecular flexibility index (Phi) is 5.65. The van der Waals surface area contributed by atoms with Gasteiger partial charge in [0.05, 0.1) is 0 Å². The Morgan fingerprint density at radius 1 is 1.10 bits per heavy atom. The van der Waals surface area contributed by atoms with Crippen molar-refractivity contribution in [1.29, 1.82) is 0 Å². The molecule has 1 aliphatic carbocycles. The number of rotatable bonds is 6. The second kappa shape index (κ2) is 8.38. The number of H-pyrrole nitrogens is 2. The monoisotopic (exact) mass is 413 g/mol. The predicted molar refractivity (Wildman–Crippen MR) is 111 cm³/mol. The Balaban J connectivity index is 1.42. The Morgan fingerprint density at radius 3 is 2.57 bits per heavy atom. The third-order valence-corrected chi connectivity index (χ3v) is 6.20. The number of hydrogen-bond acceptors (Lipinski definition) is 5. The summed E-state index contributed by atoms with van der Waals surface area (Å²) in [4.78, 5) is 40.6. The lowest BCUT2D eigenvalue weighted by molar-refractivity contribution is -0.121. The quantitative estimate of drug-likeness (QED) is 0.667. The fourth-order valence-corrected chi connectivity index (χ4v) is 4.51. The van der Waals surface area contributed by atoms with E-state index in [-0.39, 0.29) is 24.2 Å². The van der Waals surface area contributed by atoms with Gasteiger partial charge < -0.3 is 19.8 Å². The van der Waals surface area contributed by atoms with Gasteiger partial charge in [-0.15, -0.1) is 0 Å². The van der Waals surface area contributed by atoms with Gasteiger partial charge in [0.25, 0.3) is 5.56 Å². The van der Waals surface area contributed by atoms with E-state index in [1.165, 1.54) is 0 Å². The Labute approximate surface area is 174 Å². The molecule has 1 amide bonds. The molecule has 3 N–H and O–H groups in total. The maximum absolute atomic E-state index is 12.5. The molecule has 160 valence electrons. The maximum Gasteiger partial charge on any atom is 0.325 e. The molecular weight excluding hydrogens is 386 g/mol. The van der Waals surface area contributed by atoms with E-state index in [2.05, 4.69) is 27.4 Å². The highest BCUT2D eigenvalue weighted by Gasteiger charge is 2.36. The van der Waals surface area contributed by atoms with Crippen LogP contribution in [0.4, 0.5) is 0 Å². The maximum atomic E-state index is 12.5. The van der Waals surface area contributed by atoms with E-state index in [4.69, 9.17) is 9.47 Å². The zero-order chi connectivity index (χ0) is 21.1. The summed E-state index contributed by atoms with van der Waals surface area (Å²) in [6, 6.07) is 6.08. The lowest BCUT2D eigenvalue weighted by Gasteiger charge is -2.31. The minimum absolute atomic E-state index is 0.108. The van der Waals surface area contributed by atoms with E-state index in [0.29, 0.717) is 31.0 Å². The highest BCUT2D eigenvalue weighted by molar-refractivity contribution is 5.76. The number of ether oxygens (including phenoxy) is 2. The molecule has 0 radical (unpaired) electrons. The Bertz CT molecular complexity index is 1050. The normalized spacial score (nSPS) is 17.0. The number of fused-ring (bicyclic) bond motifs is 1. The van der Waals surface area contributed by atoms with Crippen LogP contribution in [0.25, 0.3) is 0 Å². The van der Waals surface area contributed by atoms with E-state index >= 15 is 0 Å². The van der Waals surface area contributed by atoms with Crippen molar-refractivity contribution in [2.75, 3.05) is 19.8 Å². The average molecular weight is 413 g/mol. The molecular formula is C22H27N3O5. The number of aromatic amines is 2. The van der Waals surface area contributed by atoms with Gasteiger partial charge >= 0.3 is 5.69 Å². The SMILES string of the molecule is Cc1[nH]c(=O)[nH]c(=O)c1CCC(=O)NCC1(c2ccc3c(c2)OCCO3)CCCC1. The first-order valence-electron chi connectivity index (χ1n) is 10.5. The van der Waals surface area contributed by atoms with Crippen LogP contribution in [-0.4, -0.2) is 35.6 Å². The summed E-state index contributed by atoms with van der Waals surface area (Å²) in [5.41, 5.74) is 1.02. The summed E-state index contributed by atoms with van der Waals surface area (Å²) in [5.74, 6) is 1.43. The van der Waals surface area contributed by atoms with Crippen molar-refractivity contribution in [3.63, 3.8) is 0 Å². The van der Waals surface area contributed by atoms with Crippen molar-refractivity contribution < 1.29 is 14.3 Å². The van der Waals surface area contributed by atoms with Crippen LogP contribution in [0.5, 0.6) is 11.5 Å². The number of carbonyl (C=O) groups excluding carboxylic acids is 1. The van der Waals surface area contributed by atoms with Gasteiger partial charge in [-0.2, -0.15) is 0 Å². The summed E-state index contributed by atoms with van der Waals surface area (Å²) in [5, 5.41) is 3.07. The molecule has 1 aromatic carbocycles. The Morgan fingerprint density at radius 2 is 1.83 bits per heavy atom. The lowest BCUT2D eigenvalue weighted by atomic mass is 9.78. The molecule has 0 bridgehead atoms. The summed E-state index contributed by atoms with van der Waals surface area (Å²) in [6.45, 7) is 3.32. The van der Waals surface area contributed by atoms with Gasteiger partial charge in [0.1, 0.15) is 13.2 Å². The highest BCUT2D eigenvalue weighted by Crippen LogP contribution is 2.43. The van der Waals surface area contributed by atoms with E-state index in [9.17, 15) is 14.4 Å². The van der Waals surface area contributed by atoms with E-state index < -0.39 is 11.2 Å². The minimum Gasteiger partial charge on any atom is -0.486 e. The predicted octanol–water partition coefficient (Wildman–Crippen LogP) is 1.70. The van der Waals surface area contributed by atoms with Gasteiger partial charge in [-0.05, 0) is 43.9 Å². The van der Waals surface area contributed by atoms with Crippen LogP contribution in [0.3, 0.4) is 0 Å². The van der Waals surface area contributed by atoms with Crippen molar-refractivity contribution in [1.82, 2.24) is 15.3 Å². The van der Waals surface area contributed by atoms with Crippen LogP contribution in [0, 0.1) is 6.92 Å². The van der Waals surface area contributed by atoms with Crippen LogP contribution >= 0.6 is 0 Å². The number of amides is 1. The topological polar surface area (TPSA) is 113 Å². The van der Waals surface area contributed by atoms with Crippen LogP contribution in [0.2, 0.25) is 0 Å². The molecule has 0 saturated heterocycles. The van der Waals surface area contributed by atoms with Crippen molar-refractivity contribution in [3.05, 3.63) is 55.9 Å².